The van der Waals surface area contributed by atoms with Gasteiger partial charge < -0.3 is 14.4 Å². The fourth-order valence-corrected chi connectivity index (χ4v) is 2.01. The molecular formula is C14H13NO3. The van der Waals surface area contributed by atoms with Crippen molar-refractivity contribution in [3.8, 4) is 5.75 Å². The summed E-state index contributed by atoms with van der Waals surface area (Å²) in [7, 11) is 0. The molecule has 1 unspecified atom stereocenters. The van der Waals surface area contributed by atoms with Gasteiger partial charge in [0.2, 0.25) is 0 Å². The van der Waals surface area contributed by atoms with Crippen LogP contribution in [0.15, 0.2) is 46.2 Å². The maximum absolute atomic E-state index is 9.50. The Hall–Kier alpha value is -2.23. The highest BCUT2D eigenvalue weighted by Gasteiger charge is 2.26. The van der Waals surface area contributed by atoms with Gasteiger partial charge in [-0.1, -0.05) is 5.16 Å². The van der Waals surface area contributed by atoms with Gasteiger partial charge in [0.15, 0.2) is 6.10 Å². The Morgan fingerprint density at radius 2 is 2.22 bits per heavy atom. The highest BCUT2D eigenvalue weighted by molar-refractivity contribution is 6.01. The zero-order chi connectivity index (χ0) is 12.5. The minimum atomic E-state index is -0.149. The summed E-state index contributed by atoms with van der Waals surface area (Å²) in [4.78, 5) is 5.37. The summed E-state index contributed by atoms with van der Waals surface area (Å²) in [6, 6.07) is 9.14. The minimum absolute atomic E-state index is 0.149. The van der Waals surface area contributed by atoms with Crippen molar-refractivity contribution >= 4 is 5.71 Å². The molecule has 4 heteroatoms. The standard InChI is InChI=1S/C14H13NO3/c1-9-7-10(4-5-12(9)16)11-8-14(18-15-11)13-3-2-6-17-13/h2-7,14,16H,8H2,1H3. The van der Waals surface area contributed by atoms with Crippen LogP contribution >= 0.6 is 0 Å². The van der Waals surface area contributed by atoms with Gasteiger partial charge >= 0.3 is 0 Å². The largest absolute Gasteiger partial charge is 0.508 e. The third kappa shape index (κ3) is 1.86. The number of hydrogen-bond donors (Lipinski definition) is 1. The highest BCUT2D eigenvalue weighted by atomic mass is 16.6. The van der Waals surface area contributed by atoms with E-state index in [1.54, 1.807) is 12.3 Å². The van der Waals surface area contributed by atoms with Crippen molar-refractivity contribution in [3.05, 3.63) is 53.5 Å². The normalized spacial score (nSPS) is 18.5. The van der Waals surface area contributed by atoms with Crippen molar-refractivity contribution in [3.63, 3.8) is 0 Å². The first-order valence-electron chi connectivity index (χ1n) is 5.80. The molecule has 0 radical (unpaired) electrons. The predicted octanol–water partition coefficient (Wildman–Crippen LogP) is 3.16. The number of phenols is 1. The lowest BCUT2D eigenvalue weighted by Gasteiger charge is -2.04. The van der Waals surface area contributed by atoms with Gasteiger partial charge in [0.25, 0.3) is 0 Å². The molecule has 2 heterocycles. The minimum Gasteiger partial charge on any atom is -0.508 e. The second-order valence-electron chi connectivity index (χ2n) is 4.35. The molecule has 18 heavy (non-hydrogen) atoms. The zero-order valence-electron chi connectivity index (χ0n) is 9.96. The van der Waals surface area contributed by atoms with E-state index in [0.717, 1.165) is 22.6 Å². The van der Waals surface area contributed by atoms with Crippen LogP contribution in [0.25, 0.3) is 0 Å². The van der Waals surface area contributed by atoms with Gasteiger partial charge in [0.1, 0.15) is 11.5 Å². The molecular weight excluding hydrogens is 230 g/mol. The van der Waals surface area contributed by atoms with Crippen molar-refractivity contribution in [1.29, 1.82) is 0 Å². The van der Waals surface area contributed by atoms with E-state index in [4.69, 9.17) is 9.25 Å². The fourth-order valence-electron chi connectivity index (χ4n) is 2.01. The molecule has 3 rings (SSSR count). The van der Waals surface area contributed by atoms with Crippen molar-refractivity contribution in [2.45, 2.75) is 19.4 Å². The molecule has 2 aromatic rings. The molecule has 1 aliphatic rings. The SMILES string of the molecule is Cc1cc(C2=NOC(c3ccco3)C2)ccc1O. The molecule has 1 aromatic heterocycles. The van der Waals surface area contributed by atoms with Crippen molar-refractivity contribution in [2.75, 3.05) is 0 Å². The van der Waals surface area contributed by atoms with Gasteiger partial charge in [-0.2, -0.15) is 0 Å². The van der Waals surface area contributed by atoms with E-state index in [-0.39, 0.29) is 6.10 Å². The number of furan rings is 1. The number of benzene rings is 1. The molecule has 0 spiro atoms. The summed E-state index contributed by atoms with van der Waals surface area (Å²) in [5.41, 5.74) is 2.68. The molecule has 4 nitrogen and oxygen atoms in total. The Kier molecular flexibility index (Phi) is 2.55. The lowest BCUT2D eigenvalue weighted by molar-refractivity contribution is 0.0689. The second kappa shape index (κ2) is 4.22. The summed E-state index contributed by atoms with van der Waals surface area (Å²) < 4.78 is 5.31. The maximum atomic E-state index is 9.50. The number of aromatic hydroxyl groups is 1. The summed E-state index contributed by atoms with van der Waals surface area (Å²) in [6.07, 6.45) is 2.16. The van der Waals surface area contributed by atoms with Crippen LogP contribution in [0.4, 0.5) is 0 Å². The number of phenolic OH excluding ortho intramolecular Hbond substituents is 1. The van der Waals surface area contributed by atoms with Crippen LogP contribution in [0, 0.1) is 6.92 Å². The Balaban J connectivity index is 1.81. The molecule has 1 aromatic carbocycles. The van der Waals surface area contributed by atoms with Crippen LogP contribution < -0.4 is 0 Å². The Labute approximate surface area is 104 Å². The third-order valence-corrected chi connectivity index (χ3v) is 3.06. The van der Waals surface area contributed by atoms with Gasteiger partial charge in [-0.3, -0.25) is 0 Å². The summed E-state index contributed by atoms with van der Waals surface area (Å²) in [5, 5.41) is 13.6. The van der Waals surface area contributed by atoms with Crippen LogP contribution in [0.2, 0.25) is 0 Å². The number of oxime groups is 1. The third-order valence-electron chi connectivity index (χ3n) is 3.06. The number of nitrogens with zero attached hydrogens (tertiary/aromatic N) is 1. The van der Waals surface area contributed by atoms with Gasteiger partial charge in [0, 0.05) is 6.42 Å². The van der Waals surface area contributed by atoms with Gasteiger partial charge in [0.05, 0.1) is 12.0 Å². The molecule has 0 bridgehead atoms. The monoisotopic (exact) mass is 243 g/mol. The molecule has 1 atom stereocenters. The van der Waals surface area contributed by atoms with E-state index in [0.29, 0.717) is 12.2 Å². The molecule has 1 aliphatic heterocycles. The van der Waals surface area contributed by atoms with E-state index >= 15 is 0 Å². The van der Waals surface area contributed by atoms with Gasteiger partial charge in [-0.05, 0) is 48.4 Å². The van der Waals surface area contributed by atoms with E-state index in [1.165, 1.54) is 0 Å². The van der Waals surface area contributed by atoms with Crippen molar-refractivity contribution in [1.82, 2.24) is 0 Å². The Morgan fingerprint density at radius 1 is 1.33 bits per heavy atom. The van der Waals surface area contributed by atoms with Gasteiger partial charge in [-0.25, -0.2) is 0 Å². The summed E-state index contributed by atoms with van der Waals surface area (Å²) in [6.45, 7) is 1.86. The molecule has 0 fully saturated rings. The quantitative estimate of drug-likeness (QED) is 0.881. The first-order chi connectivity index (χ1) is 8.74. The zero-order valence-corrected chi connectivity index (χ0v) is 9.96. The van der Waals surface area contributed by atoms with Crippen LogP contribution in [0.5, 0.6) is 5.75 Å². The second-order valence-corrected chi connectivity index (χ2v) is 4.35. The first kappa shape index (κ1) is 10.9. The van der Waals surface area contributed by atoms with Crippen LogP contribution in [0.3, 0.4) is 0 Å². The lowest BCUT2D eigenvalue weighted by atomic mass is 10.0. The predicted molar refractivity (Wildman–Crippen MR) is 66.5 cm³/mol. The lowest BCUT2D eigenvalue weighted by Crippen LogP contribution is -2.01. The number of aryl methyl sites for hydroxylation is 1. The van der Waals surface area contributed by atoms with Crippen LogP contribution in [-0.2, 0) is 4.84 Å². The van der Waals surface area contributed by atoms with E-state index in [1.807, 2.05) is 31.2 Å². The molecule has 0 saturated carbocycles. The molecule has 0 saturated heterocycles. The average Bonchev–Trinajstić information content (AvgIpc) is 3.01. The Morgan fingerprint density at radius 3 is 2.94 bits per heavy atom. The number of hydrogen-bond acceptors (Lipinski definition) is 4. The molecule has 0 aliphatic carbocycles. The van der Waals surface area contributed by atoms with E-state index in [2.05, 4.69) is 5.16 Å². The highest BCUT2D eigenvalue weighted by Crippen LogP contribution is 2.30. The van der Waals surface area contributed by atoms with Gasteiger partial charge in [-0.15, -0.1) is 0 Å². The van der Waals surface area contributed by atoms with Crippen LogP contribution in [-0.4, -0.2) is 10.8 Å². The summed E-state index contributed by atoms with van der Waals surface area (Å²) >= 11 is 0. The van der Waals surface area contributed by atoms with Crippen LogP contribution in [0.1, 0.15) is 29.4 Å². The van der Waals surface area contributed by atoms with Crippen molar-refractivity contribution in [2.24, 2.45) is 5.16 Å². The Bertz CT molecular complexity index is 587. The van der Waals surface area contributed by atoms with Crippen molar-refractivity contribution < 1.29 is 14.4 Å². The summed E-state index contributed by atoms with van der Waals surface area (Å²) in [5.74, 6) is 1.07. The molecule has 92 valence electrons. The smallest absolute Gasteiger partial charge is 0.190 e. The fraction of sp³-hybridized carbons (Fsp3) is 0.214. The maximum Gasteiger partial charge on any atom is 0.190 e. The number of rotatable bonds is 2. The molecule has 1 N–H and O–H groups in total. The van der Waals surface area contributed by atoms with E-state index < -0.39 is 0 Å². The average molecular weight is 243 g/mol. The van der Waals surface area contributed by atoms with E-state index in [9.17, 15) is 5.11 Å². The topological polar surface area (TPSA) is 55.0 Å². The first-order valence-corrected chi connectivity index (χ1v) is 5.80. The molecule has 0 amide bonds.